The fraction of sp³-hybridized carbons (Fsp3) is 0.480. The van der Waals surface area contributed by atoms with E-state index in [1.165, 1.54) is 19.3 Å². The first kappa shape index (κ1) is 22.3. The number of nitrogens with one attached hydrogen (secondary N) is 1. The van der Waals surface area contributed by atoms with Crippen molar-refractivity contribution in [2.45, 2.75) is 51.0 Å². The number of fused-ring (bicyclic) bond motifs is 1. The minimum atomic E-state index is -0.278. The van der Waals surface area contributed by atoms with Crippen molar-refractivity contribution in [3.05, 3.63) is 46.5 Å². The highest BCUT2D eigenvalue weighted by Gasteiger charge is 2.22. The highest BCUT2D eigenvalue weighted by molar-refractivity contribution is 5.77. The fourth-order valence-corrected chi connectivity index (χ4v) is 4.89. The summed E-state index contributed by atoms with van der Waals surface area (Å²) in [6.45, 7) is 3.84. The van der Waals surface area contributed by atoms with Crippen LogP contribution >= 0.6 is 0 Å². The number of anilines is 2. The van der Waals surface area contributed by atoms with Gasteiger partial charge in [-0.15, -0.1) is 0 Å². The van der Waals surface area contributed by atoms with Crippen molar-refractivity contribution in [3.8, 4) is 11.9 Å². The summed E-state index contributed by atoms with van der Waals surface area (Å²) in [6.07, 6.45) is 11.2. The van der Waals surface area contributed by atoms with E-state index in [1.54, 1.807) is 23.0 Å². The van der Waals surface area contributed by atoms with E-state index in [0.717, 1.165) is 51.0 Å². The van der Waals surface area contributed by atoms with Crippen LogP contribution in [0.1, 0.15) is 56.6 Å². The number of hydrogen-bond acceptors (Lipinski definition) is 8. The van der Waals surface area contributed by atoms with Gasteiger partial charge in [-0.1, -0.05) is 19.3 Å². The summed E-state index contributed by atoms with van der Waals surface area (Å²) in [6, 6.07) is 7.36. The van der Waals surface area contributed by atoms with E-state index < -0.39 is 0 Å². The van der Waals surface area contributed by atoms with Crippen molar-refractivity contribution >= 4 is 22.7 Å². The zero-order valence-corrected chi connectivity index (χ0v) is 19.2. The number of aromatic nitrogens is 4. The van der Waals surface area contributed by atoms with Crippen LogP contribution in [0.2, 0.25) is 0 Å². The van der Waals surface area contributed by atoms with Crippen LogP contribution < -0.4 is 15.6 Å². The van der Waals surface area contributed by atoms with Crippen molar-refractivity contribution in [1.82, 2.24) is 24.4 Å². The average Bonchev–Trinajstić information content (AvgIpc) is 3.40. The summed E-state index contributed by atoms with van der Waals surface area (Å²) >= 11 is 0. The van der Waals surface area contributed by atoms with E-state index in [-0.39, 0.29) is 17.2 Å². The summed E-state index contributed by atoms with van der Waals surface area (Å²) in [5, 5.41) is 13.3. The van der Waals surface area contributed by atoms with Crippen molar-refractivity contribution in [2.24, 2.45) is 0 Å². The molecular formula is C25H29N7O2. The molecule has 3 aromatic heterocycles. The lowest BCUT2D eigenvalue weighted by Crippen LogP contribution is -2.33. The molecule has 0 unspecified atom stereocenters. The van der Waals surface area contributed by atoms with Crippen molar-refractivity contribution < 1.29 is 4.74 Å². The standard InChI is InChI=1S/C25H29N7O2/c26-15-18-14-19-16-28-25(30-23(19)32(24(18)33)21-6-2-3-7-21)29-20-8-9-22(27-17-20)34-13-12-31-10-4-1-5-11-31/h8-9,14,16-17,21H,1-7,10-13H2,(H,28,29,30). The molecule has 0 aromatic carbocycles. The van der Waals surface area contributed by atoms with Crippen LogP contribution in [0, 0.1) is 11.3 Å². The molecule has 1 aliphatic carbocycles. The Morgan fingerprint density at radius 2 is 1.91 bits per heavy atom. The second-order valence-corrected chi connectivity index (χ2v) is 9.02. The molecule has 9 heteroatoms. The first-order chi connectivity index (χ1) is 16.7. The van der Waals surface area contributed by atoms with Gasteiger partial charge in [0.1, 0.15) is 23.9 Å². The maximum atomic E-state index is 12.9. The number of hydrogen-bond donors (Lipinski definition) is 1. The lowest BCUT2D eigenvalue weighted by molar-refractivity contribution is 0.180. The van der Waals surface area contributed by atoms with E-state index in [1.807, 2.05) is 18.2 Å². The molecule has 3 aromatic rings. The second kappa shape index (κ2) is 10.2. The Bertz CT molecular complexity index is 1240. The fourth-order valence-electron chi connectivity index (χ4n) is 4.89. The monoisotopic (exact) mass is 459 g/mol. The summed E-state index contributed by atoms with van der Waals surface area (Å²) in [7, 11) is 0. The van der Waals surface area contributed by atoms with E-state index in [0.29, 0.717) is 29.5 Å². The van der Waals surface area contributed by atoms with Gasteiger partial charge in [-0.2, -0.15) is 10.2 Å². The number of nitriles is 1. The number of likely N-dealkylation sites (tertiary alicyclic amines) is 1. The van der Waals surface area contributed by atoms with Gasteiger partial charge in [-0.05, 0) is 50.9 Å². The van der Waals surface area contributed by atoms with E-state index in [2.05, 4.69) is 25.2 Å². The molecule has 2 aliphatic rings. The Morgan fingerprint density at radius 1 is 1.09 bits per heavy atom. The topological polar surface area (TPSA) is 109 Å². The van der Waals surface area contributed by atoms with Crippen LogP contribution in [-0.4, -0.2) is 50.7 Å². The molecule has 0 atom stereocenters. The molecule has 1 aliphatic heterocycles. The van der Waals surface area contributed by atoms with E-state index in [4.69, 9.17) is 4.74 Å². The van der Waals surface area contributed by atoms with Gasteiger partial charge in [0.2, 0.25) is 11.8 Å². The number of piperidine rings is 1. The molecule has 0 spiro atoms. The third kappa shape index (κ3) is 4.87. The van der Waals surface area contributed by atoms with Crippen molar-refractivity contribution in [1.29, 1.82) is 5.26 Å². The van der Waals surface area contributed by atoms with Gasteiger partial charge in [0, 0.05) is 30.2 Å². The summed E-state index contributed by atoms with van der Waals surface area (Å²) in [5.74, 6) is 0.963. The molecule has 34 heavy (non-hydrogen) atoms. The molecule has 0 amide bonds. The Kier molecular flexibility index (Phi) is 6.67. The first-order valence-electron chi connectivity index (χ1n) is 12.1. The quantitative estimate of drug-likeness (QED) is 0.569. The Labute approximate surface area is 198 Å². The minimum Gasteiger partial charge on any atom is -0.476 e. The first-order valence-corrected chi connectivity index (χ1v) is 12.1. The molecule has 176 valence electrons. The highest BCUT2D eigenvalue weighted by Crippen LogP contribution is 2.31. The van der Waals surface area contributed by atoms with Gasteiger partial charge in [0.05, 0.1) is 11.9 Å². The average molecular weight is 460 g/mol. The number of pyridine rings is 2. The SMILES string of the molecule is N#Cc1cc2cnc(Nc3ccc(OCCN4CCCCC4)nc3)nc2n(C2CCCC2)c1=O. The van der Waals surface area contributed by atoms with Crippen LogP contribution in [0.25, 0.3) is 11.0 Å². The van der Waals surface area contributed by atoms with Gasteiger partial charge < -0.3 is 10.1 Å². The molecule has 5 rings (SSSR count). The van der Waals surface area contributed by atoms with Crippen molar-refractivity contribution in [2.75, 3.05) is 31.6 Å². The zero-order chi connectivity index (χ0) is 23.3. The molecule has 9 nitrogen and oxygen atoms in total. The maximum absolute atomic E-state index is 12.9. The van der Waals surface area contributed by atoms with Crippen LogP contribution in [0.15, 0.2) is 35.4 Å². The zero-order valence-electron chi connectivity index (χ0n) is 19.2. The Balaban J connectivity index is 1.30. The van der Waals surface area contributed by atoms with Crippen LogP contribution in [0.3, 0.4) is 0 Å². The highest BCUT2D eigenvalue weighted by atomic mass is 16.5. The van der Waals surface area contributed by atoms with Gasteiger partial charge in [0.25, 0.3) is 5.56 Å². The lowest BCUT2D eigenvalue weighted by Gasteiger charge is -2.26. The summed E-state index contributed by atoms with van der Waals surface area (Å²) in [4.78, 5) is 28.8. The predicted octanol–water partition coefficient (Wildman–Crippen LogP) is 3.78. The van der Waals surface area contributed by atoms with Crippen LogP contribution in [0.5, 0.6) is 5.88 Å². The minimum absolute atomic E-state index is 0.0640. The smallest absolute Gasteiger partial charge is 0.270 e. The van der Waals surface area contributed by atoms with E-state index in [9.17, 15) is 10.1 Å². The number of nitrogens with zero attached hydrogens (tertiary/aromatic N) is 6. The maximum Gasteiger partial charge on any atom is 0.270 e. The molecule has 4 heterocycles. The molecular weight excluding hydrogens is 430 g/mol. The summed E-state index contributed by atoms with van der Waals surface area (Å²) < 4.78 is 7.49. The molecule has 0 bridgehead atoms. The van der Waals surface area contributed by atoms with E-state index >= 15 is 0 Å². The van der Waals surface area contributed by atoms with Crippen molar-refractivity contribution in [3.63, 3.8) is 0 Å². The molecule has 1 saturated carbocycles. The third-order valence-corrected chi connectivity index (χ3v) is 6.68. The third-order valence-electron chi connectivity index (χ3n) is 6.68. The van der Waals surface area contributed by atoms with Crippen LogP contribution in [0.4, 0.5) is 11.6 Å². The Morgan fingerprint density at radius 3 is 2.65 bits per heavy atom. The molecule has 1 saturated heterocycles. The predicted molar refractivity (Wildman–Crippen MR) is 129 cm³/mol. The second-order valence-electron chi connectivity index (χ2n) is 9.02. The van der Waals surface area contributed by atoms with Gasteiger partial charge in [0.15, 0.2) is 0 Å². The normalized spacial score (nSPS) is 17.0. The number of rotatable bonds is 7. The number of ether oxygens (including phenoxy) is 1. The molecule has 0 radical (unpaired) electrons. The van der Waals surface area contributed by atoms with Gasteiger partial charge >= 0.3 is 0 Å². The van der Waals surface area contributed by atoms with Gasteiger partial charge in [-0.3, -0.25) is 14.3 Å². The lowest BCUT2D eigenvalue weighted by atomic mass is 10.1. The summed E-state index contributed by atoms with van der Waals surface area (Å²) in [5.41, 5.74) is 1.13. The molecule has 1 N–H and O–H groups in total. The van der Waals surface area contributed by atoms with Gasteiger partial charge in [-0.25, -0.2) is 9.97 Å². The Hall–Kier alpha value is -3.51. The van der Waals surface area contributed by atoms with Crippen LogP contribution in [-0.2, 0) is 0 Å². The largest absolute Gasteiger partial charge is 0.476 e. The molecule has 2 fully saturated rings.